The third-order valence-corrected chi connectivity index (χ3v) is 2.73. The maximum absolute atomic E-state index is 8.41. The van der Waals surface area contributed by atoms with Gasteiger partial charge in [-0.2, -0.15) is 5.26 Å². The van der Waals surface area contributed by atoms with Gasteiger partial charge in [0.2, 0.25) is 0 Å². The molecule has 1 aliphatic heterocycles. The van der Waals surface area contributed by atoms with Crippen LogP contribution in [0.2, 0.25) is 0 Å². The largest absolute Gasteiger partial charge is 0.302 e. The van der Waals surface area contributed by atoms with Crippen molar-refractivity contribution in [3.8, 4) is 6.07 Å². The lowest BCUT2D eigenvalue weighted by molar-refractivity contribution is 0.163. The molecule has 1 N–H and O–H groups in total. The van der Waals surface area contributed by atoms with Gasteiger partial charge in [0.25, 0.3) is 0 Å². The molecule has 13 heavy (non-hydrogen) atoms. The van der Waals surface area contributed by atoms with Crippen molar-refractivity contribution in [1.29, 1.82) is 5.26 Å². The molecular weight excluding hydrogens is 162 g/mol. The van der Waals surface area contributed by atoms with Crippen molar-refractivity contribution in [2.75, 3.05) is 19.6 Å². The molecule has 0 saturated carbocycles. The second-order valence-corrected chi connectivity index (χ2v) is 3.94. The summed E-state index contributed by atoms with van der Waals surface area (Å²) in [7, 11) is 0. The highest BCUT2D eigenvalue weighted by molar-refractivity contribution is 4.82. The van der Waals surface area contributed by atoms with Crippen LogP contribution in [0, 0.1) is 11.3 Å². The highest BCUT2D eigenvalue weighted by Gasteiger charge is 2.19. The first-order chi connectivity index (χ1) is 6.24. The number of rotatable bonds is 3. The zero-order valence-electron chi connectivity index (χ0n) is 8.58. The number of hydrogen-bond donors (Lipinski definition) is 1. The Kier molecular flexibility index (Phi) is 4.20. The van der Waals surface area contributed by atoms with Crippen LogP contribution in [0.1, 0.15) is 26.7 Å². The molecule has 3 heteroatoms. The van der Waals surface area contributed by atoms with Crippen molar-refractivity contribution in [2.24, 2.45) is 0 Å². The molecule has 0 spiro atoms. The summed E-state index contributed by atoms with van der Waals surface area (Å²) in [4.78, 5) is 2.49. The van der Waals surface area contributed by atoms with E-state index in [9.17, 15) is 0 Å². The Labute approximate surface area is 80.7 Å². The van der Waals surface area contributed by atoms with Crippen molar-refractivity contribution in [2.45, 2.75) is 38.8 Å². The third-order valence-electron chi connectivity index (χ3n) is 2.73. The van der Waals surface area contributed by atoms with Gasteiger partial charge in [-0.05, 0) is 39.8 Å². The van der Waals surface area contributed by atoms with Gasteiger partial charge in [-0.15, -0.1) is 0 Å². The molecule has 1 rings (SSSR count). The van der Waals surface area contributed by atoms with E-state index in [-0.39, 0.29) is 0 Å². The Morgan fingerprint density at radius 1 is 1.46 bits per heavy atom. The van der Waals surface area contributed by atoms with Gasteiger partial charge in [0.1, 0.15) is 0 Å². The molecule has 1 heterocycles. The zero-order chi connectivity index (χ0) is 9.68. The summed E-state index contributed by atoms with van der Waals surface area (Å²) in [5.41, 5.74) is 0. The Bertz CT molecular complexity index is 175. The van der Waals surface area contributed by atoms with E-state index < -0.39 is 0 Å². The third kappa shape index (κ3) is 3.33. The van der Waals surface area contributed by atoms with E-state index in [2.05, 4.69) is 30.1 Å². The average Bonchev–Trinajstić information content (AvgIpc) is 2.15. The molecule has 0 amide bonds. The standard InChI is InChI=1S/C10H19N3/c1-9(2)13-7-3-10(4-8-13)12-6-5-11/h9-10,12H,3-4,6-8H2,1-2H3. The molecule has 74 valence electrons. The summed E-state index contributed by atoms with van der Waals surface area (Å²) in [6.45, 7) is 7.31. The van der Waals surface area contributed by atoms with Crippen molar-refractivity contribution < 1.29 is 0 Å². The number of nitriles is 1. The molecular formula is C10H19N3. The smallest absolute Gasteiger partial charge is 0.0843 e. The maximum Gasteiger partial charge on any atom is 0.0843 e. The molecule has 0 bridgehead atoms. The first-order valence-corrected chi connectivity index (χ1v) is 5.08. The van der Waals surface area contributed by atoms with Crippen LogP contribution in [-0.2, 0) is 0 Å². The van der Waals surface area contributed by atoms with Gasteiger partial charge in [0.05, 0.1) is 12.6 Å². The van der Waals surface area contributed by atoms with Crippen LogP contribution >= 0.6 is 0 Å². The predicted molar refractivity (Wildman–Crippen MR) is 53.3 cm³/mol. The van der Waals surface area contributed by atoms with Gasteiger partial charge in [0, 0.05) is 12.1 Å². The van der Waals surface area contributed by atoms with Crippen molar-refractivity contribution in [1.82, 2.24) is 10.2 Å². The van der Waals surface area contributed by atoms with Crippen LogP contribution in [0.3, 0.4) is 0 Å². The van der Waals surface area contributed by atoms with Crippen molar-refractivity contribution in [3.63, 3.8) is 0 Å². The number of piperidine rings is 1. The molecule has 1 saturated heterocycles. The average molecular weight is 181 g/mol. The van der Waals surface area contributed by atoms with Crippen LogP contribution in [0.4, 0.5) is 0 Å². The molecule has 1 aliphatic rings. The molecule has 0 aliphatic carbocycles. The summed E-state index contributed by atoms with van der Waals surface area (Å²) in [6, 6.07) is 3.35. The summed E-state index contributed by atoms with van der Waals surface area (Å²) in [5, 5.41) is 11.7. The minimum atomic E-state index is 0.492. The summed E-state index contributed by atoms with van der Waals surface area (Å²) < 4.78 is 0. The van der Waals surface area contributed by atoms with E-state index >= 15 is 0 Å². The first-order valence-electron chi connectivity index (χ1n) is 5.08. The Balaban J connectivity index is 2.19. The van der Waals surface area contributed by atoms with Gasteiger partial charge in [-0.3, -0.25) is 0 Å². The molecule has 1 fully saturated rings. The number of nitrogens with one attached hydrogen (secondary N) is 1. The number of likely N-dealkylation sites (tertiary alicyclic amines) is 1. The molecule has 0 atom stereocenters. The Morgan fingerprint density at radius 3 is 2.54 bits per heavy atom. The molecule has 0 aromatic heterocycles. The second kappa shape index (κ2) is 5.21. The quantitative estimate of drug-likeness (QED) is 0.659. The molecule has 0 radical (unpaired) electrons. The lowest BCUT2D eigenvalue weighted by atomic mass is 10.0. The summed E-state index contributed by atoms with van der Waals surface area (Å²) in [6.07, 6.45) is 2.36. The SMILES string of the molecule is CC(C)N1CCC(NCC#N)CC1. The molecule has 0 unspecified atom stereocenters. The van der Waals surface area contributed by atoms with Crippen molar-refractivity contribution >= 4 is 0 Å². The van der Waals surface area contributed by atoms with E-state index in [0.717, 1.165) is 0 Å². The van der Waals surface area contributed by atoms with Gasteiger partial charge in [0.15, 0.2) is 0 Å². The van der Waals surface area contributed by atoms with Crippen LogP contribution in [-0.4, -0.2) is 36.6 Å². The molecule has 0 aromatic rings. The molecule has 3 nitrogen and oxygen atoms in total. The lowest BCUT2D eigenvalue weighted by Gasteiger charge is -2.34. The van der Waals surface area contributed by atoms with Gasteiger partial charge in [-0.25, -0.2) is 0 Å². The van der Waals surface area contributed by atoms with Gasteiger partial charge < -0.3 is 10.2 Å². The van der Waals surface area contributed by atoms with E-state index in [1.165, 1.54) is 25.9 Å². The first kappa shape index (κ1) is 10.5. The molecule has 0 aromatic carbocycles. The Morgan fingerprint density at radius 2 is 2.08 bits per heavy atom. The van der Waals surface area contributed by atoms with E-state index in [0.29, 0.717) is 18.6 Å². The zero-order valence-corrected chi connectivity index (χ0v) is 8.58. The van der Waals surface area contributed by atoms with Gasteiger partial charge in [-0.1, -0.05) is 0 Å². The minimum Gasteiger partial charge on any atom is -0.302 e. The number of hydrogen-bond acceptors (Lipinski definition) is 3. The fourth-order valence-corrected chi connectivity index (χ4v) is 1.81. The van der Waals surface area contributed by atoms with Crippen LogP contribution in [0.15, 0.2) is 0 Å². The topological polar surface area (TPSA) is 39.1 Å². The van der Waals surface area contributed by atoms with E-state index in [1.54, 1.807) is 0 Å². The summed E-state index contributed by atoms with van der Waals surface area (Å²) in [5.74, 6) is 0. The minimum absolute atomic E-state index is 0.492. The van der Waals surface area contributed by atoms with Crippen LogP contribution in [0.25, 0.3) is 0 Å². The second-order valence-electron chi connectivity index (χ2n) is 3.94. The number of nitrogens with zero attached hydrogens (tertiary/aromatic N) is 2. The predicted octanol–water partition coefficient (Wildman–Crippen LogP) is 0.972. The normalized spacial score (nSPS) is 20.5. The monoisotopic (exact) mass is 181 g/mol. The van der Waals surface area contributed by atoms with Crippen LogP contribution < -0.4 is 5.32 Å². The highest BCUT2D eigenvalue weighted by atomic mass is 15.2. The fraction of sp³-hybridized carbons (Fsp3) is 0.900. The van der Waals surface area contributed by atoms with Crippen molar-refractivity contribution in [3.05, 3.63) is 0 Å². The fourth-order valence-electron chi connectivity index (χ4n) is 1.81. The maximum atomic E-state index is 8.41. The lowest BCUT2D eigenvalue weighted by Crippen LogP contribution is -2.45. The van der Waals surface area contributed by atoms with E-state index in [1.807, 2.05) is 0 Å². The van der Waals surface area contributed by atoms with Crippen LogP contribution in [0.5, 0.6) is 0 Å². The Hall–Kier alpha value is -0.590. The van der Waals surface area contributed by atoms with E-state index in [4.69, 9.17) is 5.26 Å². The summed E-state index contributed by atoms with van der Waals surface area (Å²) >= 11 is 0. The van der Waals surface area contributed by atoms with Gasteiger partial charge >= 0.3 is 0 Å². The highest BCUT2D eigenvalue weighted by Crippen LogP contribution is 2.12.